The van der Waals surface area contributed by atoms with Crippen LogP contribution in [0.3, 0.4) is 0 Å². The van der Waals surface area contributed by atoms with E-state index in [4.69, 9.17) is 9.47 Å². The van der Waals surface area contributed by atoms with Crippen molar-refractivity contribution >= 4 is 38.4 Å². The molecule has 0 bridgehead atoms. The van der Waals surface area contributed by atoms with Crippen LogP contribution in [0.1, 0.15) is 18.1 Å². The van der Waals surface area contributed by atoms with E-state index in [9.17, 15) is 5.26 Å². The third-order valence-corrected chi connectivity index (χ3v) is 4.75. The predicted molar refractivity (Wildman–Crippen MR) is 109 cm³/mol. The standard InChI is InChI=1S/C22H18BrNO2/c1-3-26-22-12-18(20(23)13-21(22)25-2)11-19(14-24)17-9-8-15-6-4-5-7-16(15)10-17/h4-13H,3H2,1-2H3. The number of hydrogen-bond donors (Lipinski definition) is 0. The Morgan fingerprint density at radius 1 is 1.08 bits per heavy atom. The maximum absolute atomic E-state index is 9.69. The fourth-order valence-corrected chi connectivity index (χ4v) is 3.22. The van der Waals surface area contributed by atoms with Crippen molar-refractivity contribution in [2.24, 2.45) is 0 Å². The second-order valence-corrected chi connectivity index (χ2v) is 6.54. The van der Waals surface area contributed by atoms with Gasteiger partial charge >= 0.3 is 0 Å². The van der Waals surface area contributed by atoms with Crippen molar-refractivity contribution in [1.29, 1.82) is 5.26 Å². The summed E-state index contributed by atoms with van der Waals surface area (Å²) in [7, 11) is 1.61. The van der Waals surface area contributed by atoms with Gasteiger partial charge in [0.2, 0.25) is 0 Å². The van der Waals surface area contributed by atoms with Crippen molar-refractivity contribution in [2.45, 2.75) is 6.92 Å². The molecule has 0 radical (unpaired) electrons. The number of ether oxygens (including phenoxy) is 2. The van der Waals surface area contributed by atoms with Gasteiger partial charge in [-0.15, -0.1) is 0 Å². The van der Waals surface area contributed by atoms with Gasteiger partial charge in [-0.2, -0.15) is 5.26 Å². The summed E-state index contributed by atoms with van der Waals surface area (Å²) in [4.78, 5) is 0. The average Bonchev–Trinajstić information content (AvgIpc) is 2.67. The Labute approximate surface area is 161 Å². The molecular formula is C22H18BrNO2. The first-order chi connectivity index (χ1) is 12.7. The van der Waals surface area contributed by atoms with Crippen LogP contribution in [0.15, 0.2) is 59.1 Å². The largest absolute Gasteiger partial charge is 0.493 e. The van der Waals surface area contributed by atoms with Crippen LogP contribution in [0.25, 0.3) is 22.4 Å². The maximum atomic E-state index is 9.69. The van der Waals surface area contributed by atoms with Crippen molar-refractivity contribution in [3.05, 3.63) is 70.2 Å². The molecule has 0 unspecified atom stereocenters. The highest BCUT2D eigenvalue weighted by Crippen LogP contribution is 2.35. The quantitative estimate of drug-likeness (QED) is 0.380. The van der Waals surface area contributed by atoms with Crippen molar-refractivity contribution < 1.29 is 9.47 Å². The molecule has 0 fully saturated rings. The molecule has 0 aliphatic heterocycles. The summed E-state index contributed by atoms with van der Waals surface area (Å²) in [5.74, 6) is 1.31. The molecule has 130 valence electrons. The van der Waals surface area contributed by atoms with Crippen molar-refractivity contribution in [1.82, 2.24) is 0 Å². The minimum Gasteiger partial charge on any atom is -0.493 e. The monoisotopic (exact) mass is 407 g/mol. The summed E-state index contributed by atoms with van der Waals surface area (Å²) >= 11 is 3.55. The van der Waals surface area contributed by atoms with Crippen LogP contribution in [-0.4, -0.2) is 13.7 Å². The Hall–Kier alpha value is -2.77. The molecule has 0 N–H and O–H groups in total. The topological polar surface area (TPSA) is 42.2 Å². The minimum absolute atomic E-state index is 0.539. The normalized spacial score (nSPS) is 11.2. The summed E-state index contributed by atoms with van der Waals surface area (Å²) in [5, 5.41) is 11.9. The van der Waals surface area contributed by atoms with Gasteiger partial charge in [-0.3, -0.25) is 0 Å². The van der Waals surface area contributed by atoms with Gasteiger partial charge in [0.1, 0.15) is 0 Å². The highest BCUT2D eigenvalue weighted by Gasteiger charge is 2.11. The molecule has 0 aromatic heterocycles. The highest BCUT2D eigenvalue weighted by molar-refractivity contribution is 9.10. The van der Waals surface area contributed by atoms with Gasteiger partial charge in [-0.05, 0) is 53.1 Å². The van der Waals surface area contributed by atoms with E-state index in [0.29, 0.717) is 23.7 Å². The molecule has 0 amide bonds. The zero-order valence-corrected chi connectivity index (χ0v) is 16.2. The number of halogens is 1. The molecule has 3 aromatic rings. The number of hydrogen-bond acceptors (Lipinski definition) is 3. The third kappa shape index (κ3) is 3.74. The number of methoxy groups -OCH3 is 1. The predicted octanol–water partition coefficient (Wildman–Crippen LogP) is 6.07. The number of nitriles is 1. The molecule has 3 aromatic carbocycles. The Kier molecular flexibility index (Phi) is 5.60. The smallest absolute Gasteiger partial charge is 0.161 e. The fourth-order valence-electron chi connectivity index (χ4n) is 2.78. The molecule has 3 rings (SSSR count). The molecule has 4 heteroatoms. The Balaban J connectivity index is 2.08. The Morgan fingerprint density at radius 3 is 2.54 bits per heavy atom. The summed E-state index contributed by atoms with van der Waals surface area (Å²) in [6.45, 7) is 2.46. The molecule has 3 nitrogen and oxygen atoms in total. The summed E-state index contributed by atoms with van der Waals surface area (Å²) < 4.78 is 11.8. The first-order valence-corrected chi connectivity index (χ1v) is 9.07. The van der Waals surface area contributed by atoms with E-state index in [1.807, 2.05) is 61.5 Å². The van der Waals surface area contributed by atoms with Crippen LogP contribution < -0.4 is 9.47 Å². The van der Waals surface area contributed by atoms with Crippen molar-refractivity contribution in [3.8, 4) is 17.6 Å². The van der Waals surface area contributed by atoms with E-state index in [1.54, 1.807) is 7.11 Å². The van der Waals surface area contributed by atoms with Gasteiger partial charge < -0.3 is 9.47 Å². The number of fused-ring (bicyclic) bond motifs is 1. The van der Waals surface area contributed by atoms with Gasteiger partial charge in [0.05, 0.1) is 25.4 Å². The zero-order chi connectivity index (χ0) is 18.5. The molecule has 0 heterocycles. The van der Waals surface area contributed by atoms with E-state index in [1.165, 1.54) is 0 Å². The van der Waals surface area contributed by atoms with Gasteiger partial charge in [-0.25, -0.2) is 0 Å². The Morgan fingerprint density at radius 2 is 1.85 bits per heavy atom. The molecule has 0 spiro atoms. The first-order valence-electron chi connectivity index (χ1n) is 8.27. The Bertz CT molecular complexity index is 1020. The van der Waals surface area contributed by atoms with Crippen LogP contribution >= 0.6 is 15.9 Å². The number of allylic oxidation sites excluding steroid dienone is 1. The summed E-state index contributed by atoms with van der Waals surface area (Å²) in [6, 6.07) is 20.2. The van der Waals surface area contributed by atoms with E-state index in [0.717, 1.165) is 26.4 Å². The van der Waals surface area contributed by atoms with E-state index in [-0.39, 0.29) is 0 Å². The van der Waals surface area contributed by atoms with Crippen molar-refractivity contribution in [3.63, 3.8) is 0 Å². The average molecular weight is 408 g/mol. The molecule has 0 atom stereocenters. The lowest BCUT2D eigenvalue weighted by atomic mass is 10.00. The third-order valence-electron chi connectivity index (χ3n) is 4.06. The number of rotatable bonds is 5. The highest BCUT2D eigenvalue weighted by atomic mass is 79.9. The van der Waals surface area contributed by atoms with Crippen LogP contribution in [0, 0.1) is 11.3 Å². The number of benzene rings is 3. The molecule has 0 saturated heterocycles. The van der Waals surface area contributed by atoms with Gasteiger partial charge in [-0.1, -0.05) is 52.3 Å². The summed E-state index contributed by atoms with van der Waals surface area (Å²) in [5.41, 5.74) is 2.33. The molecule has 0 aliphatic rings. The second kappa shape index (κ2) is 8.07. The van der Waals surface area contributed by atoms with E-state index >= 15 is 0 Å². The molecular weight excluding hydrogens is 390 g/mol. The van der Waals surface area contributed by atoms with E-state index in [2.05, 4.69) is 28.1 Å². The van der Waals surface area contributed by atoms with Crippen LogP contribution in [-0.2, 0) is 0 Å². The first kappa shape index (κ1) is 18.0. The SMILES string of the molecule is CCOc1cc(C=C(C#N)c2ccc3ccccc3c2)c(Br)cc1OC. The minimum atomic E-state index is 0.539. The van der Waals surface area contributed by atoms with Crippen molar-refractivity contribution in [2.75, 3.05) is 13.7 Å². The zero-order valence-electron chi connectivity index (χ0n) is 14.6. The lowest BCUT2D eigenvalue weighted by Crippen LogP contribution is -1.96. The lowest BCUT2D eigenvalue weighted by molar-refractivity contribution is 0.310. The summed E-state index contributed by atoms with van der Waals surface area (Å²) in [6.07, 6.45) is 1.86. The number of nitrogens with zero attached hydrogens (tertiary/aromatic N) is 1. The molecule has 26 heavy (non-hydrogen) atoms. The van der Waals surface area contributed by atoms with Gasteiger partial charge in [0.25, 0.3) is 0 Å². The van der Waals surface area contributed by atoms with E-state index < -0.39 is 0 Å². The second-order valence-electron chi connectivity index (χ2n) is 5.69. The van der Waals surface area contributed by atoms with Gasteiger partial charge in [0, 0.05) is 4.47 Å². The van der Waals surface area contributed by atoms with Crippen LogP contribution in [0.5, 0.6) is 11.5 Å². The molecule has 0 aliphatic carbocycles. The lowest BCUT2D eigenvalue weighted by Gasteiger charge is -2.12. The fraction of sp³-hybridized carbons (Fsp3) is 0.136. The molecule has 0 saturated carbocycles. The van der Waals surface area contributed by atoms with Crippen LogP contribution in [0.2, 0.25) is 0 Å². The van der Waals surface area contributed by atoms with Gasteiger partial charge in [0.15, 0.2) is 11.5 Å². The van der Waals surface area contributed by atoms with Crippen LogP contribution in [0.4, 0.5) is 0 Å². The maximum Gasteiger partial charge on any atom is 0.161 e.